The number of hydrogen-bond acceptors (Lipinski definition) is 2. The summed E-state index contributed by atoms with van der Waals surface area (Å²) in [5.41, 5.74) is -0.220. The molecular weight excluding hydrogens is 221 g/mol. The van der Waals surface area contributed by atoms with Gasteiger partial charge < -0.3 is 4.74 Å². The Morgan fingerprint density at radius 3 is 2.44 bits per heavy atom. The lowest BCUT2D eigenvalue weighted by Crippen LogP contribution is -2.10. The zero-order chi connectivity index (χ0) is 12.3. The zero-order valence-corrected chi connectivity index (χ0v) is 8.89. The van der Waals surface area contributed by atoms with E-state index in [4.69, 9.17) is 4.74 Å². The molecule has 1 aromatic carbocycles. The smallest absolute Gasteiger partial charge is 0.380 e. The van der Waals surface area contributed by atoms with E-state index in [1.54, 1.807) is 0 Å². The molecule has 0 aliphatic rings. The molecule has 0 fully saturated rings. The van der Waals surface area contributed by atoms with Crippen molar-refractivity contribution in [2.24, 2.45) is 0 Å². The number of ether oxygens (including phenoxy) is 1. The number of carbonyl (C=O) groups excluding carboxylic acids is 1. The van der Waals surface area contributed by atoms with Crippen molar-refractivity contribution >= 4 is 6.29 Å². The minimum absolute atomic E-state index is 0.0137. The lowest BCUT2D eigenvalue weighted by Gasteiger charge is -2.13. The molecule has 0 saturated heterocycles. The van der Waals surface area contributed by atoms with Crippen LogP contribution in [-0.2, 0) is 17.5 Å². The van der Waals surface area contributed by atoms with Gasteiger partial charge in [0.25, 0.3) is 0 Å². The van der Waals surface area contributed by atoms with Gasteiger partial charge in [-0.3, -0.25) is 4.79 Å². The molecule has 1 rings (SSSR count). The molecule has 0 aromatic heterocycles. The van der Waals surface area contributed by atoms with Crippen LogP contribution in [0.25, 0.3) is 0 Å². The Balaban J connectivity index is 3.31. The second kappa shape index (κ2) is 4.65. The molecule has 0 amide bonds. The van der Waals surface area contributed by atoms with E-state index in [0.717, 1.165) is 6.07 Å². The summed E-state index contributed by atoms with van der Waals surface area (Å²) >= 11 is 0. The molecule has 0 bridgehead atoms. The summed E-state index contributed by atoms with van der Waals surface area (Å²) in [6.07, 6.45) is -4.03. The second-order valence-electron chi connectivity index (χ2n) is 3.41. The molecule has 0 aliphatic carbocycles. The molecular formula is C11H11F3O2. The van der Waals surface area contributed by atoms with Crippen LogP contribution < -0.4 is 0 Å². The standard InChI is InChI=1S/C11H11F3O2/c1-7-3-9(6-16-2)8(5-15)4-10(7)11(12,13)14/h3-5H,6H2,1-2H3. The maximum absolute atomic E-state index is 12.5. The number of halogens is 3. The highest BCUT2D eigenvalue weighted by Gasteiger charge is 2.33. The van der Waals surface area contributed by atoms with Gasteiger partial charge in [0.15, 0.2) is 0 Å². The summed E-state index contributed by atoms with van der Waals surface area (Å²) in [6.45, 7) is 1.48. The molecule has 0 radical (unpaired) electrons. The summed E-state index contributed by atoms with van der Waals surface area (Å²) in [4.78, 5) is 10.7. The SMILES string of the molecule is COCc1cc(C)c(C(F)(F)F)cc1C=O. The van der Waals surface area contributed by atoms with Crippen LogP contribution >= 0.6 is 0 Å². The molecule has 0 aliphatic heterocycles. The highest BCUT2D eigenvalue weighted by Crippen LogP contribution is 2.33. The third-order valence-corrected chi connectivity index (χ3v) is 2.22. The molecule has 0 unspecified atom stereocenters. The van der Waals surface area contributed by atoms with Crippen LogP contribution in [-0.4, -0.2) is 13.4 Å². The molecule has 5 heteroatoms. The number of alkyl halides is 3. The van der Waals surface area contributed by atoms with Crippen molar-refractivity contribution in [3.63, 3.8) is 0 Å². The fraction of sp³-hybridized carbons (Fsp3) is 0.364. The Morgan fingerprint density at radius 2 is 2.00 bits per heavy atom. The molecule has 16 heavy (non-hydrogen) atoms. The fourth-order valence-corrected chi connectivity index (χ4v) is 1.48. The number of aryl methyl sites for hydroxylation is 1. The Kier molecular flexibility index (Phi) is 3.70. The minimum Gasteiger partial charge on any atom is -0.380 e. The van der Waals surface area contributed by atoms with Gasteiger partial charge in [0.1, 0.15) is 6.29 Å². The molecule has 88 valence electrons. The van der Waals surface area contributed by atoms with E-state index in [1.807, 2.05) is 0 Å². The monoisotopic (exact) mass is 232 g/mol. The Labute approximate surface area is 91.0 Å². The highest BCUT2D eigenvalue weighted by atomic mass is 19.4. The summed E-state index contributed by atoms with van der Waals surface area (Å²) < 4.78 is 42.4. The van der Waals surface area contributed by atoms with Crippen LogP contribution in [0.2, 0.25) is 0 Å². The van der Waals surface area contributed by atoms with Gasteiger partial charge in [-0.2, -0.15) is 13.2 Å². The lowest BCUT2D eigenvalue weighted by atomic mass is 10.00. The predicted octanol–water partition coefficient (Wildman–Crippen LogP) is 2.97. The highest BCUT2D eigenvalue weighted by molar-refractivity contribution is 5.78. The number of methoxy groups -OCH3 is 1. The average Bonchev–Trinajstić information content (AvgIpc) is 2.16. The largest absolute Gasteiger partial charge is 0.416 e. The van der Waals surface area contributed by atoms with Crippen LogP contribution in [0, 0.1) is 6.92 Å². The third kappa shape index (κ3) is 2.61. The van der Waals surface area contributed by atoms with Crippen LogP contribution in [0.4, 0.5) is 13.2 Å². The van der Waals surface area contributed by atoms with E-state index < -0.39 is 11.7 Å². The predicted molar refractivity (Wildman–Crippen MR) is 52.3 cm³/mol. The van der Waals surface area contributed by atoms with Crippen molar-refractivity contribution in [1.82, 2.24) is 0 Å². The van der Waals surface area contributed by atoms with Crippen molar-refractivity contribution < 1.29 is 22.7 Å². The maximum atomic E-state index is 12.5. The average molecular weight is 232 g/mol. The fourth-order valence-electron chi connectivity index (χ4n) is 1.48. The van der Waals surface area contributed by atoms with Crippen molar-refractivity contribution in [2.75, 3.05) is 7.11 Å². The normalized spacial score (nSPS) is 11.6. The lowest BCUT2D eigenvalue weighted by molar-refractivity contribution is -0.138. The van der Waals surface area contributed by atoms with Crippen molar-refractivity contribution in [1.29, 1.82) is 0 Å². The third-order valence-electron chi connectivity index (χ3n) is 2.22. The van der Waals surface area contributed by atoms with Gasteiger partial charge in [-0.1, -0.05) is 6.07 Å². The molecule has 0 N–H and O–H groups in total. The first-order valence-electron chi connectivity index (χ1n) is 4.55. The van der Waals surface area contributed by atoms with Crippen molar-refractivity contribution in [3.8, 4) is 0 Å². The van der Waals surface area contributed by atoms with Crippen LogP contribution in [0.5, 0.6) is 0 Å². The number of hydrogen-bond donors (Lipinski definition) is 0. The first-order valence-corrected chi connectivity index (χ1v) is 4.55. The first kappa shape index (κ1) is 12.7. The Hall–Kier alpha value is -1.36. The van der Waals surface area contributed by atoms with Crippen molar-refractivity contribution in [3.05, 3.63) is 34.4 Å². The van der Waals surface area contributed by atoms with Gasteiger partial charge in [-0.05, 0) is 24.1 Å². The summed E-state index contributed by atoms with van der Waals surface area (Å²) in [7, 11) is 1.42. The quantitative estimate of drug-likeness (QED) is 0.749. The summed E-state index contributed by atoms with van der Waals surface area (Å²) in [6, 6.07) is 2.19. The van der Waals surface area contributed by atoms with Crippen LogP contribution in [0.15, 0.2) is 12.1 Å². The summed E-state index contributed by atoms with van der Waals surface area (Å²) in [5.74, 6) is 0. The van der Waals surface area contributed by atoms with Gasteiger partial charge in [0.05, 0.1) is 12.2 Å². The van der Waals surface area contributed by atoms with Gasteiger partial charge >= 0.3 is 6.18 Å². The van der Waals surface area contributed by atoms with Crippen molar-refractivity contribution in [2.45, 2.75) is 19.7 Å². The van der Waals surface area contributed by atoms with Crippen LogP contribution in [0.3, 0.4) is 0 Å². The summed E-state index contributed by atoms with van der Waals surface area (Å²) in [5, 5.41) is 0. The van der Waals surface area contributed by atoms with Gasteiger partial charge in [0.2, 0.25) is 0 Å². The first-order chi connectivity index (χ1) is 7.40. The molecule has 2 nitrogen and oxygen atoms in total. The number of carbonyl (C=O) groups is 1. The Morgan fingerprint density at radius 1 is 1.38 bits per heavy atom. The maximum Gasteiger partial charge on any atom is 0.416 e. The molecule has 0 atom stereocenters. The number of rotatable bonds is 3. The van der Waals surface area contributed by atoms with Crippen LogP contribution in [0.1, 0.15) is 27.0 Å². The molecule has 0 spiro atoms. The topological polar surface area (TPSA) is 26.3 Å². The number of benzene rings is 1. The second-order valence-corrected chi connectivity index (χ2v) is 3.41. The van der Waals surface area contributed by atoms with E-state index in [0.29, 0.717) is 11.8 Å². The minimum atomic E-state index is -4.44. The number of aldehydes is 1. The van der Waals surface area contributed by atoms with E-state index in [1.165, 1.54) is 20.1 Å². The molecule has 0 saturated carbocycles. The van der Waals surface area contributed by atoms with Gasteiger partial charge in [-0.25, -0.2) is 0 Å². The van der Waals surface area contributed by atoms with E-state index in [9.17, 15) is 18.0 Å². The Bertz CT molecular complexity index is 397. The van der Waals surface area contributed by atoms with E-state index >= 15 is 0 Å². The molecule has 0 heterocycles. The van der Waals surface area contributed by atoms with E-state index in [-0.39, 0.29) is 17.7 Å². The van der Waals surface area contributed by atoms with Gasteiger partial charge in [-0.15, -0.1) is 0 Å². The van der Waals surface area contributed by atoms with E-state index in [2.05, 4.69) is 0 Å². The molecule has 1 aromatic rings. The zero-order valence-electron chi connectivity index (χ0n) is 8.89. The van der Waals surface area contributed by atoms with Gasteiger partial charge in [0, 0.05) is 12.7 Å².